The number of carbonyl (C=O) groups excluding carboxylic acids is 1. The average Bonchev–Trinajstić information content (AvgIpc) is 2.43. The lowest BCUT2D eigenvalue weighted by molar-refractivity contribution is 0.0975. The first-order chi connectivity index (χ1) is 9.10. The lowest BCUT2D eigenvalue weighted by Gasteiger charge is -2.06. The van der Waals surface area contributed by atoms with Gasteiger partial charge in [0.05, 0.1) is 7.11 Å². The zero-order valence-electron chi connectivity index (χ0n) is 11.8. The minimum absolute atomic E-state index is 0.228. The number of Topliss-reactive ketones (excluding diaryl/α,β-unsaturated/α-hetero) is 1. The largest absolute Gasteiger partial charge is 0.497 e. The van der Waals surface area contributed by atoms with Crippen LogP contribution < -0.4 is 4.74 Å². The lowest BCUT2D eigenvalue weighted by atomic mass is 9.99. The molecule has 0 amide bonds. The van der Waals surface area contributed by atoms with Crippen LogP contribution in [-0.4, -0.2) is 12.9 Å². The van der Waals surface area contributed by atoms with E-state index in [-0.39, 0.29) is 5.78 Å². The van der Waals surface area contributed by atoms with Crippen molar-refractivity contribution in [3.05, 3.63) is 42.0 Å². The predicted molar refractivity (Wildman–Crippen MR) is 78.9 cm³/mol. The standard InChI is InChI=1S/C17H20O2/c1-12(2)4-9-17(18)15-6-5-14-11-16(19-3)8-7-13(14)10-15/h5-8,10-12H,4,9H2,1-3H3. The first-order valence-electron chi connectivity index (χ1n) is 6.71. The summed E-state index contributed by atoms with van der Waals surface area (Å²) >= 11 is 0. The molecule has 0 aromatic heterocycles. The number of benzene rings is 2. The van der Waals surface area contributed by atoms with Crippen molar-refractivity contribution in [1.82, 2.24) is 0 Å². The highest BCUT2D eigenvalue weighted by Gasteiger charge is 2.08. The van der Waals surface area contributed by atoms with Gasteiger partial charge < -0.3 is 4.74 Å². The highest BCUT2D eigenvalue weighted by atomic mass is 16.5. The summed E-state index contributed by atoms with van der Waals surface area (Å²) in [4.78, 5) is 12.1. The average molecular weight is 256 g/mol. The Hall–Kier alpha value is -1.83. The number of hydrogen-bond donors (Lipinski definition) is 0. The van der Waals surface area contributed by atoms with E-state index in [2.05, 4.69) is 13.8 Å². The number of ether oxygens (including phenoxy) is 1. The summed E-state index contributed by atoms with van der Waals surface area (Å²) in [6.45, 7) is 4.28. The summed E-state index contributed by atoms with van der Waals surface area (Å²) < 4.78 is 5.20. The number of fused-ring (bicyclic) bond motifs is 1. The van der Waals surface area contributed by atoms with Crippen LogP contribution in [0.1, 0.15) is 37.0 Å². The molecule has 0 atom stereocenters. The molecular weight excluding hydrogens is 236 g/mol. The van der Waals surface area contributed by atoms with Gasteiger partial charge in [0.25, 0.3) is 0 Å². The molecular formula is C17H20O2. The van der Waals surface area contributed by atoms with E-state index in [4.69, 9.17) is 4.74 Å². The Labute approximate surface area is 114 Å². The molecule has 2 heteroatoms. The van der Waals surface area contributed by atoms with Gasteiger partial charge in [-0.15, -0.1) is 0 Å². The second kappa shape index (κ2) is 5.87. The van der Waals surface area contributed by atoms with E-state index in [0.29, 0.717) is 12.3 Å². The van der Waals surface area contributed by atoms with E-state index in [1.54, 1.807) is 7.11 Å². The predicted octanol–water partition coefficient (Wildman–Crippen LogP) is 4.47. The van der Waals surface area contributed by atoms with Gasteiger partial charge in [-0.2, -0.15) is 0 Å². The molecule has 0 bridgehead atoms. The number of carbonyl (C=O) groups is 1. The molecule has 0 saturated carbocycles. The maximum Gasteiger partial charge on any atom is 0.162 e. The Morgan fingerprint density at radius 2 is 1.79 bits per heavy atom. The maximum atomic E-state index is 12.1. The van der Waals surface area contributed by atoms with E-state index in [0.717, 1.165) is 28.5 Å². The SMILES string of the molecule is COc1ccc2cc(C(=O)CCC(C)C)ccc2c1. The third-order valence-corrected chi connectivity index (χ3v) is 3.32. The first-order valence-corrected chi connectivity index (χ1v) is 6.71. The fraction of sp³-hybridized carbons (Fsp3) is 0.353. The van der Waals surface area contributed by atoms with Gasteiger partial charge in [-0.05, 0) is 41.3 Å². The summed E-state index contributed by atoms with van der Waals surface area (Å²) in [5.41, 5.74) is 0.804. The van der Waals surface area contributed by atoms with Crippen molar-refractivity contribution in [2.75, 3.05) is 7.11 Å². The third-order valence-electron chi connectivity index (χ3n) is 3.32. The van der Waals surface area contributed by atoms with Gasteiger partial charge in [-0.25, -0.2) is 0 Å². The highest BCUT2D eigenvalue weighted by Crippen LogP contribution is 2.22. The van der Waals surface area contributed by atoms with Crippen LogP contribution in [0.25, 0.3) is 10.8 Å². The third kappa shape index (κ3) is 3.34. The van der Waals surface area contributed by atoms with Gasteiger partial charge in [0.2, 0.25) is 0 Å². The van der Waals surface area contributed by atoms with Gasteiger partial charge in [0.1, 0.15) is 5.75 Å². The summed E-state index contributed by atoms with van der Waals surface area (Å²) in [6.07, 6.45) is 1.57. The molecule has 2 aromatic carbocycles. The van der Waals surface area contributed by atoms with Crippen molar-refractivity contribution in [2.45, 2.75) is 26.7 Å². The Morgan fingerprint density at radius 1 is 1.11 bits per heavy atom. The van der Waals surface area contributed by atoms with Crippen molar-refractivity contribution in [2.24, 2.45) is 5.92 Å². The molecule has 0 aliphatic heterocycles. The fourth-order valence-electron chi connectivity index (χ4n) is 2.09. The smallest absolute Gasteiger partial charge is 0.162 e. The lowest BCUT2D eigenvalue weighted by Crippen LogP contribution is -2.01. The van der Waals surface area contributed by atoms with Crippen molar-refractivity contribution >= 4 is 16.6 Å². The Kier molecular flexibility index (Phi) is 4.20. The zero-order chi connectivity index (χ0) is 13.8. The van der Waals surface area contributed by atoms with E-state index >= 15 is 0 Å². The fourth-order valence-corrected chi connectivity index (χ4v) is 2.09. The summed E-state index contributed by atoms with van der Waals surface area (Å²) in [7, 11) is 1.66. The topological polar surface area (TPSA) is 26.3 Å². The van der Waals surface area contributed by atoms with Crippen LogP contribution in [0.3, 0.4) is 0 Å². The minimum Gasteiger partial charge on any atom is -0.497 e. The van der Waals surface area contributed by atoms with E-state index in [9.17, 15) is 4.79 Å². The van der Waals surface area contributed by atoms with Crippen LogP contribution >= 0.6 is 0 Å². The maximum absolute atomic E-state index is 12.1. The van der Waals surface area contributed by atoms with Crippen LogP contribution in [0.4, 0.5) is 0 Å². The molecule has 0 heterocycles. The van der Waals surface area contributed by atoms with Gasteiger partial charge in [0.15, 0.2) is 5.78 Å². The van der Waals surface area contributed by atoms with E-state index < -0.39 is 0 Å². The second-order valence-electron chi connectivity index (χ2n) is 5.28. The van der Waals surface area contributed by atoms with Crippen molar-refractivity contribution < 1.29 is 9.53 Å². The quantitative estimate of drug-likeness (QED) is 0.738. The Balaban J connectivity index is 2.24. The van der Waals surface area contributed by atoms with Gasteiger partial charge in [-0.3, -0.25) is 4.79 Å². The van der Waals surface area contributed by atoms with Crippen LogP contribution in [0.15, 0.2) is 36.4 Å². The zero-order valence-corrected chi connectivity index (χ0v) is 11.8. The number of methoxy groups -OCH3 is 1. The number of hydrogen-bond acceptors (Lipinski definition) is 2. The van der Waals surface area contributed by atoms with Crippen LogP contribution in [0.5, 0.6) is 5.75 Å². The molecule has 2 aromatic rings. The number of rotatable bonds is 5. The van der Waals surface area contributed by atoms with Crippen LogP contribution in [0, 0.1) is 5.92 Å². The molecule has 0 aliphatic carbocycles. The van der Waals surface area contributed by atoms with E-state index in [1.807, 2.05) is 36.4 Å². The van der Waals surface area contributed by atoms with Crippen LogP contribution in [-0.2, 0) is 0 Å². The normalized spacial score (nSPS) is 10.9. The summed E-state index contributed by atoms with van der Waals surface area (Å²) in [5, 5.41) is 2.18. The molecule has 0 fully saturated rings. The summed E-state index contributed by atoms with van der Waals surface area (Å²) in [5.74, 6) is 1.63. The molecule has 0 spiro atoms. The first kappa shape index (κ1) is 13.6. The van der Waals surface area contributed by atoms with Crippen molar-refractivity contribution in [3.8, 4) is 5.75 Å². The molecule has 0 aliphatic rings. The molecule has 0 saturated heterocycles. The molecule has 100 valence electrons. The Bertz CT molecular complexity index is 585. The molecule has 2 nitrogen and oxygen atoms in total. The van der Waals surface area contributed by atoms with Gasteiger partial charge in [-0.1, -0.05) is 32.0 Å². The molecule has 0 unspecified atom stereocenters. The molecule has 2 rings (SSSR count). The van der Waals surface area contributed by atoms with Crippen molar-refractivity contribution in [3.63, 3.8) is 0 Å². The second-order valence-corrected chi connectivity index (χ2v) is 5.28. The number of ketones is 1. The summed E-state index contributed by atoms with van der Waals surface area (Å²) in [6, 6.07) is 11.8. The van der Waals surface area contributed by atoms with Crippen molar-refractivity contribution in [1.29, 1.82) is 0 Å². The molecule has 0 N–H and O–H groups in total. The minimum atomic E-state index is 0.228. The Morgan fingerprint density at radius 3 is 2.47 bits per heavy atom. The highest BCUT2D eigenvalue weighted by molar-refractivity contribution is 6.00. The molecule has 19 heavy (non-hydrogen) atoms. The van der Waals surface area contributed by atoms with Gasteiger partial charge >= 0.3 is 0 Å². The molecule has 0 radical (unpaired) electrons. The monoisotopic (exact) mass is 256 g/mol. The van der Waals surface area contributed by atoms with Gasteiger partial charge in [0, 0.05) is 12.0 Å². The van der Waals surface area contributed by atoms with E-state index in [1.165, 1.54) is 0 Å². The van der Waals surface area contributed by atoms with Crippen LogP contribution in [0.2, 0.25) is 0 Å².